The fourth-order valence-corrected chi connectivity index (χ4v) is 2.43. The van der Waals surface area contributed by atoms with Crippen molar-refractivity contribution in [3.63, 3.8) is 0 Å². The van der Waals surface area contributed by atoms with Crippen LogP contribution in [0.15, 0.2) is 30.3 Å². The molecule has 0 saturated heterocycles. The number of hydrogen-bond acceptors (Lipinski definition) is 5. The average molecular weight is 348 g/mol. The van der Waals surface area contributed by atoms with Crippen LogP contribution in [0.3, 0.4) is 0 Å². The molecule has 0 bridgehead atoms. The van der Waals surface area contributed by atoms with Gasteiger partial charge in [0.15, 0.2) is 5.78 Å². The zero-order valence-electron chi connectivity index (χ0n) is 13.5. The third-order valence-corrected chi connectivity index (χ3v) is 3.95. The molecule has 1 aromatic heterocycles. The monoisotopic (exact) mass is 347 g/mol. The smallest absolute Gasteiger partial charge is 0.306 e. The van der Waals surface area contributed by atoms with Gasteiger partial charge in [-0.05, 0) is 37.6 Å². The molecule has 0 aliphatic carbocycles. The van der Waals surface area contributed by atoms with Gasteiger partial charge in [-0.25, -0.2) is 4.98 Å². The molecular formula is C18H18ClNO4. The maximum absolute atomic E-state index is 12.3. The van der Waals surface area contributed by atoms with Crippen molar-refractivity contribution in [2.24, 2.45) is 0 Å². The van der Waals surface area contributed by atoms with Crippen molar-refractivity contribution in [3.05, 3.63) is 46.6 Å². The molecule has 0 aliphatic heterocycles. The number of esters is 1. The van der Waals surface area contributed by atoms with Gasteiger partial charge in [0.2, 0.25) is 0 Å². The first-order chi connectivity index (χ1) is 11.4. The molecule has 1 N–H and O–H groups in total. The van der Waals surface area contributed by atoms with Crippen LogP contribution < -0.4 is 0 Å². The van der Waals surface area contributed by atoms with Crippen molar-refractivity contribution in [3.8, 4) is 17.0 Å². The van der Waals surface area contributed by atoms with E-state index in [1.54, 1.807) is 25.1 Å². The summed E-state index contributed by atoms with van der Waals surface area (Å²) in [6.07, 6.45) is -0.119. The molecule has 0 amide bonds. The summed E-state index contributed by atoms with van der Waals surface area (Å²) in [6.45, 7) is 3.82. The highest BCUT2D eigenvalue weighted by atomic mass is 35.5. The number of nitrogens with zero attached hydrogens (tertiary/aromatic N) is 1. The minimum Gasteiger partial charge on any atom is -0.506 e. The summed E-state index contributed by atoms with van der Waals surface area (Å²) < 4.78 is 4.79. The van der Waals surface area contributed by atoms with Crippen LogP contribution in [0, 0.1) is 6.92 Å². The van der Waals surface area contributed by atoms with E-state index in [1.807, 2.05) is 13.0 Å². The third-order valence-electron chi connectivity index (χ3n) is 3.54. The van der Waals surface area contributed by atoms with Crippen LogP contribution in [-0.2, 0) is 9.53 Å². The van der Waals surface area contributed by atoms with Crippen LogP contribution in [0.25, 0.3) is 11.3 Å². The van der Waals surface area contributed by atoms with E-state index in [0.717, 1.165) is 11.1 Å². The van der Waals surface area contributed by atoms with E-state index < -0.39 is 11.8 Å². The standard InChI is InChI=1S/C18H18ClNO4/c1-3-24-17(23)10-9-16(22)18-15(21)8-7-14(20-18)12-5-4-6-13(19)11(12)2/h4-8,21H,3,9-10H2,1-2H3. The van der Waals surface area contributed by atoms with Gasteiger partial charge in [0, 0.05) is 17.0 Å². The Balaban J connectivity index is 2.27. The molecule has 0 radical (unpaired) electrons. The lowest BCUT2D eigenvalue weighted by Gasteiger charge is -2.09. The second-order valence-electron chi connectivity index (χ2n) is 5.20. The Morgan fingerprint density at radius 1 is 1.21 bits per heavy atom. The molecule has 2 aromatic rings. The van der Waals surface area contributed by atoms with Crippen LogP contribution in [0.5, 0.6) is 5.75 Å². The Hall–Kier alpha value is -2.40. The second kappa shape index (κ2) is 7.93. The zero-order chi connectivity index (χ0) is 17.7. The van der Waals surface area contributed by atoms with Crippen molar-refractivity contribution >= 4 is 23.4 Å². The number of pyridine rings is 1. The maximum Gasteiger partial charge on any atom is 0.306 e. The number of Topliss-reactive ketones (excluding diaryl/α,β-unsaturated/α-hetero) is 1. The van der Waals surface area contributed by atoms with Crippen LogP contribution in [-0.4, -0.2) is 28.4 Å². The highest BCUT2D eigenvalue weighted by molar-refractivity contribution is 6.31. The lowest BCUT2D eigenvalue weighted by molar-refractivity contribution is -0.143. The largest absolute Gasteiger partial charge is 0.506 e. The Bertz CT molecular complexity index is 774. The summed E-state index contributed by atoms with van der Waals surface area (Å²) in [5.41, 5.74) is 2.09. The summed E-state index contributed by atoms with van der Waals surface area (Å²) in [6, 6.07) is 8.44. The number of aromatic nitrogens is 1. The van der Waals surface area contributed by atoms with E-state index in [2.05, 4.69) is 4.98 Å². The van der Waals surface area contributed by atoms with Gasteiger partial charge in [-0.15, -0.1) is 0 Å². The van der Waals surface area contributed by atoms with Crippen molar-refractivity contribution in [2.75, 3.05) is 6.61 Å². The lowest BCUT2D eigenvalue weighted by Crippen LogP contribution is -2.09. The minimum atomic E-state index is -0.452. The van der Waals surface area contributed by atoms with Crippen LogP contribution >= 0.6 is 11.6 Å². The summed E-state index contributed by atoms with van der Waals surface area (Å²) in [5, 5.41) is 10.5. The molecule has 24 heavy (non-hydrogen) atoms. The Morgan fingerprint density at radius 3 is 2.67 bits per heavy atom. The van der Waals surface area contributed by atoms with Gasteiger partial charge in [0.25, 0.3) is 0 Å². The number of ether oxygens (including phenoxy) is 1. The van der Waals surface area contributed by atoms with Crippen molar-refractivity contribution in [1.82, 2.24) is 4.98 Å². The zero-order valence-corrected chi connectivity index (χ0v) is 14.3. The first-order valence-electron chi connectivity index (χ1n) is 7.58. The SMILES string of the molecule is CCOC(=O)CCC(=O)c1nc(-c2cccc(Cl)c2C)ccc1O. The molecule has 1 heterocycles. The highest BCUT2D eigenvalue weighted by Crippen LogP contribution is 2.29. The van der Waals surface area contributed by atoms with Gasteiger partial charge in [-0.1, -0.05) is 23.7 Å². The molecule has 0 unspecified atom stereocenters. The van der Waals surface area contributed by atoms with E-state index in [9.17, 15) is 14.7 Å². The molecule has 1 aromatic carbocycles. The molecule has 0 saturated carbocycles. The number of hydrogen-bond donors (Lipinski definition) is 1. The predicted octanol–water partition coefficient (Wildman–Crippen LogP) is 3.94. The quantitative estimate of drug-likeness (QED) is 0.632. The Kier molecular flexibility index (Phi) is 5.93. The maximum atomic E-state index is 12.3. The number of halogens is 1. The number of aromatic hydroxyl groups is 1. The van der Waals surface area contributed by atoms with Gasteiger partial charge in [-0.3, -0.25) is 9.59 Å². The summed E-state index contributed by atoms with van der Waals surface area (Å²) in [5.74, 6) is -1.08. The summed E-state index contributed by atoms with van der Waals surface area (Å²) in [7, 11) is 0. The summed E-state index contributed by atoms with van der Waals surface area (Å²) >= 11 is 6.12. The average Bonchev–Trinajstić information content (AvgIpc) is 2.56. The number of rotatable bonds is 6. The van der Waals surface area contributed by atoms with Gasteiger partial charge in [0.1, 0.15) is 11.4 Å². The third kappa shape index (κ3) is 4.11. The fraction of sp³-hybridized carbons (Fsp3) is 0.278. The van der Waals surface area contributed by atoms with E-state index in [-0.39, 0.29) is 30.9 Å². The topological polar surface area (TPSA) is 76.5 Å². The molecule has 0 aliphatic rings. The number of ketones is 1. The van der Waals surface area contributed by atoms with Gasteiger partial charge >= 0.3 is 5.97 Å². The van der Waals surface area contributed by atoms with Gasteiger partial charge in [0.05, 0.1) is 18.7 Å². The van der Waals surface area contributed by atoms with E-state index in [4.69, 9.17) is 16.3 Å². The molecule has 6 heteroatoms. The minimum absolute atomic E-state index is 0.0474. The molecule has 5 nitrogen and oxygen atoms in total. The Labute approximate surface area is 145 Å². The molecule has 0 fully saturated rings. The molecule has 0 atom stereocenters. The van der Waals surface area contributed by atoms with Crippen LogP contribution in [0.2, 0.25) is 5.02 Å². The number of carbonyl (C=O) groups is 2. The van der Waals surface area contributed by atoms with Crippen molar-refractivity contribution in [2.45, 2.75) is 26.7 Å². The lowest BCUT2D eigenvalue weighted by atomic mass is 10.0. The second-order valence-corrected chi connectivity index (χ2v) is 5.61. The highest BCUT2D eigenvalue weighted by Gasteiger charge is 2.17. The molecule has 2 rings (SSSR count). The number of carbonyl (C=O) groups excluding carboxylic acids is 2. The van der Waals surface area contributed by atoms with E-state index >= 15 is 0 Å². The first-order valence-corrected chi connectivity index (χ1v) is 7.96. The molecule has 126 valence electrons. The Morgan fingerprint density at radius 2 is 1.96 bits per heavy atom. The fourth-order valence-electron chi connectivity index (χ4n) is 2.26. The van der Waals surface area contributed by atoms with Crippen LogP contribution in [0.1, 0.15) is 35.8 Å². The molecule has 0 spiro atoms. The summed E-state index contributed by atoms with van der Waals surface area (Å²) in [4.78, 5) is 27.9. The molecular weight excluding hydrogens is 330 g/mol. The van der Waals surface area contributed by atoms with Crippen molar-refractivity contribution in [1.29, 1.82) is 0 Å². The number of benzene rings is 1. The van der Waals surface area contributed by atoms with Crippen molar-refractivity contribution < 1.29 is 19.4 Å². The van der Waals surface area contributed by atoms with Gasteiger partial charge < -0.3 is 9.84 Å². The van der Waals surface area contributed by atoms with Crippen LogP contribution in [0.4, 0.5) is 0 Å². The van der Waals surface area contributed by atoms with E-state index in [0.29, 0.717) is 10.7 Å². The van der Waals surface area contributed by atoms with E-state index in [1.165, 1.54) is 6.07 Å². The first kappa shape index (κ1) is 17.9. The predicted molar refractivity (Wildman–Crippen MR) is 91.3 cm³/mol. The normalized spacial score (nSPS) is 10.5. The van der Waals surface area contributed by atoms with Gasteiger partial charge in [-0.2, -0.15) is 0 Å².